The zero-order valence-electron chi connectivity index (χ0n) is 10.6. The smallest absolute Gasteiger partial charge is 0.162 e. The van der Waals surface area contributed by atoms with Gasteiger partial charge in [-0.05, 0) is 18.1 Å². The minimum atomic E-state index is 0.0664. The highest BCUT2D eigenvalue weighted by molar-refractivity contribution is 5.97. The SMILES string of the molecule is O=C1CCCC(O)=C1Cc1cccc2cccnc12. The maximum absolute atomic E-state index is 11.9. The van der Waals surface area contributed by atoms with E-state index in [1.807, 2.05) is 30.3 Å². The number of Topliss-reactive ketones (excluding diaryl/α,β-unsaturated/α-hetero) is 1. The van der Waals surface area contributed by atoms with E-state index in [1.54, 1.807) is 6.20 Å². The maximum atomic E-state index is 11.9. The molecule has 96 valence electrons. The minimum Gasteiger partial charge on any atom is -0.512 e. The van der Waals surface area contributed by atoms with Crippen LogP contribution >= 0.6 is 0 Å². The minimum absolute atomic E-state index is 0.0664. The second-order valence-corrected chi connectivity index (χ2v) is 4.87. The standard InChI is InChI=1S/C16H15NO2/c18-14-7-2-8-15(19)13(14)10-12-5-1-4-11-6-3-9-17-16(11)12/h1,3-6,9,18H,2,7-8,10H2. The van der Waals surface area contributed by atoms with Crippen molar-refractivity contribution in [1.29, 1.82) is 0 Å². The number of benzene rings is 1. The molecule has 1 aliphatic carbocycles. The van der Waals surface area contributed by atoms with E-state index < -0.39 is 0 Å². The van der Waals surface area contributed by atoms with E-state index in [9.17, 15) is 9.90 Å². The summed E-state index contributed by atoms with van der Waals surface area (Å²) in [6.45, 7) is 0. The number of carbonyl (C=O) groups excluding carboxylic acids is 1. The number of aromatic nitrogens is 1. The first-order chi connectivity index (χ1) is 9.25. The summed E-state index contributed by atoms with van der Waals surface area (Å²) in [6.07, 6.45) is 4.13. The fraction of sp³-hybridized carbons (Fsp3) is 0.250. The third-order valence-electron chi connectivity index (χ3n) is 3.59. The number of carbonyl (C=O) groups is 1. The van der Waals surface area contributed by atoms with Gasteiger partial charge in [0, 0.05) is 36.4 Å². The number of aliphatic hydroxyl groups excluding tert-OH is 1. The van der Waals surface area contributed by atoms with Crippen molar-refractivity contribution >= 4 is 16.7 Å². The molecule has 0 aliphatic heterocycles. The Morgan fingerprint density at radius 2 is 2.00 bits per heavy atom. The number of nitrogens with zero attached hydrogens (tertiary/aromatic N) is 1. The number of pyridine rings is 1. The molecule has 0 atom stereocenters. The van der Waals surface area contributed by atoms with Crippen LogP contribution in [0.15, 0.2) is 47.9 Å². The summed E-state index contributed by atoms with van der Waals surface area (Å²) in [6, 6.07) is 9.84. The van der Waals surface area contributed by atoms with Crippen LogP contribution in [0.25, 0.3) is 10.9 Å². The van der Waals surface area contributed by atoms with Gasteiger partial charge in [-0.1, -0.05) is 24.3 Å². The molecular weight excluding hydrogens is 238 g/mol. The van der Waals surface area contributed by atoms with E-state index >= 15 is 0 Å². The molecule has 0 radical (unpaired) electrons. The molecule has 1 heterocycles. The first-order valence-electron chi connectivity index (χ1n) is 6.52. The van der Waals surface area contributed by atoms with Crippen LogP contribution in [0.3, 0.4) is 0 Å². The van der Waals surface area contributed by atoms with Crippen molar-refractivity contribution in [2.24, 2.45) is 0 Å². The van der Waals surface area contributed by atoms with Gasteiger partial charge in [0.15, 0.2) is 5.78 Å². The second-order valence-electron chi connectivity index (χ2n) is 4.87. The van der Waals surface area contributed by atoms with E-state index in [0.717, 1.165) is 22.9 Å². The van der Waals surface area contributed by atoms with E-state index in [1.165, 1.54) is 0 Å². The average molecular weight is 253 g/mol. The van der Waals surface area contributed by atoms with Gasteiger partial charge in [0.2, 0.25) is 0 Å². The maximum Gasteiger partial charge on any atom is 0.162 e. The molecule has 1 aromatic heterocycles. The van der Waals surface area contributed by atoms with Crippen molar-refractivity contribution in [1.82, 2.24) is 4.98 Å². The summed E-state index contributed by atoms with van der Waals surface area (Å²) < 4.78 is 0. The lowest BCUT2D eigenvalue weighted by molar-refractivity contribution is -0.116. The third kappa shape index (κ3) is 2.24. The number of hydrogen-bond acceptors (Lipinski definition) is 3. The summed E-state index contributed by atoms with van der Waals surface area (Å²) in [4.78, 5) is 16.3. The highest BCUT2D eigenvalue weighted by Crippen LogP contribution is 2.25. The van der Waals surface area contributed by atoms with E-state index in [4.69, 9.17) is 0 Å². The molecule has 0 unspecified atom stereocenters. The predicted molar refractivity (Wildman–Crippen MR) is 74.0 cm³/mol. The van der Waals surface area contributed by atoms with Crippen molar-refractivity contribution in [3.05, 3.63) is 53.4 Å². The quantitative estimate of drug-likeness (QED) is 0.893. The second kappa shape index (κ2) is 4.84. The number of hydrogen-bond donors (Lipinski definition) is 1. The van der Waals surface area contributed by atoms with Gasteiger partial charge in [0.1, 0.15) is 0 Å². The zero-order chi connectivity index (χ0) is 13.2. The van der Waals surface area contributed by atoms with Gasteiger partial charge in [0.05, 0.1) is 11.3 Å². The molecule has 19 heavy (non-hydrogen) atoms. The highest BCUT2D eigenvalue weighted by Gasteiger charge is 2.21. The molecule has 0 bridgehead atoms. The van der Waals surface area contributed by atoms with Gasteiger partial charge in [-0.3, -0.25) is 9.78 Å². The number of fused-ring (bicyclic) bond motifs is 1. The van der Waals surface area contributed by atoms with Gasteiger partial charge in [0.25, 0.3) is 0 Å². The van der Waals surface area contributed by atoms with Gasteiger partial charge < -0.3 is 5.11 Å². The Hall–Kier alpha value is -2.16. The lowest BCUT2D eigenvalue weighted by Gasteiger charge is -2.15. The Labute approximate surface area is 111 Å². The first kappa shape index (κ1) is 11.9. The molecule has 3 nitrogen and oxygen atoms in total. The van der Waals surface area contributed by atoms with Crippen molar-refractivity contribution in [3.8, 4) is 0 Å². The van der Waals surface area contributed by atoms with Crippen LogP contribution < -0.4 is 0 Å². The summed E-state index contributed by atoms with van der Waals surface area (Å²) in [5, 5.41) is 11.0. The first-order valence-corrected chi connectivity index (χ1v) is 6.52. The van der Waals surface area contributed by atoms with Crippen LogP contribution in [0.1, 0.15) is 24.8 Å². The molecule has 0 spiro atoms. The number of ketones is 1. The van der Waals surface area contributed by atoms with Crippen molar-refractivity contribution in [2.45, 2.75) is 25.7 Å². The number of rotatable bonds is 2. The van der Waals surface area contributed by atoms with Crippen molar-refractivity contribution < 1.29 is 9.90 Å². The van der Waals surface area contributed by atoms with Gasteiger partial charge in [-0.2, -0.15) is 0 Å². The molecule has 0 saturated heterocycles. The summed E-state index contributed by atoms with van der Waals surface area (Å²) in [5.74, 6) is 0.320. The van der Waals surface area contributed by atoms with Crippen LogP contribution in [0.5, 0.6) is 0 Å². The number of para-hydroxylation sites is 1. The summed E-state index contributed by atoms with van der Waals surface area (Å²) in [7, 11) is 0. The molecular formula is C16H15NO2. The molecule has 1 N–H and O–H groups in total. The van der Waals surface area contributed by atoms with Crippen LogP contribution in [0.4, 0.5) is 0 Å². The largest absolute Gasteiger partial charge is 0.512 e. The molecule has 3 heteroatoms. The molecule has 0 fully saturated rings. The van der Waals surface area contributed by atoms with Crippen LogP contribution in [-0.4, -0.2) is 15.9 Å². The van der Waals surface area contributed by atoms with Gasteiger partial charge >= 0.3 is 0 Å². The monoisotopic (exact) mass is 253 g/mol. The average Bonchev–Trinajstić information content (AvgIpc) is 2.43. The Bertz CT molecular complexity index is 668. The van der Waals surface area contributed by atoms with E-state index in [-0.39, 0.29) is 11.5 Å². The third-order valence-corrected chi connectivity index (χ3v) is 3.59. The van der Waals surface area contributed by atoms with E-state index in [0.29, 0.717) is 24.8 Å². The summed E-state index contributed by atoms with van der Waals surface area (Å²) in [5.41, 5.74) is 2.46. The van der Waals surface area contributed by atoms with Gasteiger partial charge in [-0.25, -0.2) is 0 Å². The predicted octanol–water partition coefficient (Wildman–Crippen LogP) is 3.34. The lowest BCUT2D eigenvalue weighted by atomic mass is 9.91. The Balaban J connectivity index is 2.04. The topological polar surface area (TPSA) is 50.2 Å². The fourth-order valence-corrected chi connectivity index (χ4v) is 2.58. The van der Waals surface area contributed by atoms with Crippen LogP contribution in [0.2, 0.25) is 0 Å². The molecule has 1 aliphatic rings. The van der Waals surface area contributed by atoms with Crippen LogP contribution in [-0.2, 0) is 11.2 Å². The zero-order valence-corrected chi connectivity index (χ0v) is 10.6. The fourth-order valence-electron chi connectivity index (χ4n) is 2.58. The Kier molecular flexibility index (Phi) is 3.03. The number of allylic oxidation sites excluding steroid dienone is 2. The van der Waals surface area contributed by atoms with Crippen molar-refractivity contribution in [2.75, 3.05) is 0 Å². The Morgan fingerprint density at radius 1 is 1.16 bits per heavy atom. The van der Waals surface area contributed by atoms with Crippen LogP contribution in [0, 0.1) is 0 Å². The summed E-state index contributed by atoms with van der Waals surface area (Å²) >= 11 is 0. The molecule has 0 amide bonds. The van der Waals surface area contributed by atoms with E-state index in [2.05, 4.69) is 4.98 Å². The molecule has 0 saturated carbocycles. The molecule has 2 aromatic rings. The normalized spacial score (nSPS) is 16.1. The highest BCUT2D eigenvalue weighted by atomic mass is 16.3. The van der Waals surface area contributed by atoms with Gasteiger partial charge in [-0.15, -0.1) is 0 Å². The molecule has 1 aromatic carbocycles. The molecule has 3 rings (SSSR count). The lowest BCUT2D eigenvalue weighted by Crippen LogP contribution is -2.13. The Morgan fingerprint density at radius 3 is 2.84 bits per heavy atom. The number of aliphatic hydroxyl groups is 1. The van der Waals surface area contributed by atoms with Crippen molar-refractivity contribution in [3.63, 3.8) is 0 Å².